The molecule has 9 heteroatoms. The van der Waals surface area contributed by atoms with Crippen molar-refractivity contribution in [3.8, 4) is 17.2 Å². The minimum absolute atomic E-state index is 0.0173. The molecular weight excluding hydrogens is 524 g/mol. The van der Waals surface area contributed by atoms with Crippen molar-refractivity contribution in [1.82, 2.24) is 5.32 Å². The number of hydrogen-bond donors (Lipinski definition) is 3. The van der Waals surface area contributed by atoms with Gasteiger partial charge >= 0.3 is 11.9 Å². The Morgan fingerprint density at radius 1 is 0.927 bits per heavy atom. The van der Waals surface area contributed by atoms with Crippen LogP contribution in [0.5, 0.6) is 17.2 Å². The largest absolute Gasteiger partial charge is 0.494 e. The predicted molar refractivity (Wildman–Crippen MR) is 156 cm³/mol. The third-order valence-corrected chi connectivity index (χ3v) is 6.56. The highest BCUT2D eigenvalue weighted by Gasteiger charge is 2.23. The number of nitrogens with one attached hydrogen (secondary N) is 1. The molecule has 3 aromatic carbocycles. The number of carbonyl (C=O) groups excluding carboxylic acids is 2. The van der Waals surface area contributed by atoms with E-state index in [0.717, 1.165) is 12.8 Å². The monoisotopic (exact) mass is 562 g/mol. The maximum absolute atomic E-state index is 12.8. The van der Waals surface area contributed by atoms with Gasteiger partial charge in [0.05, 0.1) is 19.3 Å². The van der Waals surface area contributed by atoms with E-state index in [2.05, 4.69) is 12.2 Å². The number of unbranched alkanes of at least 4 members (excludes halogenated alkanes) is 4. The fourth-order valence-corrected chi connectivity index (χ4v) is 4.26. The number of nitrogens with two attached hydrogens (primary N) is 1. The summed E-state index contributed by atoms with van der Waals surface area (Å²) >= 11 is 0. The number of carboxylic acids is 1. The van der Waals surface area contributed by atoms with Gasteiger partial charge in [-0.05, 0) is 60.0 Å². The van der Waals surface area contributed by atoms with Crippen LogP contribution >= 0.6 is 0 Å². The van der Waals surface area contributed by atoms with Crippen molar-refractivity contribution < 1.29 is 33.7 Å². The fraction of sp³-hybridized carbons (Fsp3) is 0.344. The summed E-state index contributed by atoms with van der Waals surface area (Å²) in [7, 11) is 1.42. The molecule has 1 unspecified atom stereocenters. The lowest BCUT2D eigenvalue weighted by Gasteiger charge is -2.17. The highest BCUT2D eigenvalue weighted by molar-refractivity contribution is 5.98. The molecule has 0 saturated carbocycles. The highest BCUT2D eigenvalue weighted by Crippen LogP contribution is 2.29. The number of benzene rings is 3. The molecule has 0 heterocycles. The van der Waals surface area contributed by atoms with Crippen LogP contribution in [0.15, 0.2) is 66.7 Å². The summed E-state index contributed by atoms with van der Waals surface area (Å²) < 4.78 is 16.7. The second-order valence-corrected chi connectivity index (χ2v) is 9.59. The Morgan fingerprint density at radius 2 is 1.66 bits per heavy atom. The molecular formula is C32H38N2O7. The van der Waals surface area contributed by atoms with E-state index in [4.69, 9.17) is 19.9 Å². The summed E-state index contributed by atoms with van der Waals surface area (Å²) in [6.07, 6.45) is 5.74. The van der Waals surface area contributed by atoms with Gasteiger partial charge in [0.1, 0.15) is 11.8 Å². The lowest BCUT2D eigenvalue weighted by atomic mass is 10.0. The number of rotatable bonds is 16. The molecule has 0 aliphatic heterocycles. The normalized spacial score (nSPS) is 11.4. The first-order valence-corrected chi connectivity index (χ1v) is 13.8. The van der Waals surface area contributed by atoms with Crippen LogP contribution in [-0.4, -0.2) is 42.7 Å². The Kier molecular flexibility index (Phi) is 12.2. The number of carbonyl (C=O) groups is 3. The maximum Gasteiger partial charge on any atom is 0.343 e. The second-order valence-electron chi connectivity index (χ2n) is 9.59. The van der Waals surface area contributed by atoms with Gasteiger partial charge in [-0.1, -0.05) is 56.9 Å². The molecule has 0 fully saturated rings. The summed E-state index contributed by atoms with van der Waals surface area (Å²) in [4.78, 5) is 37.5. The molecule has 0 aromatic heterocycles. The van der Waals surface area contributed by atoms with Crippen LogP contribution in [0.2, 0.25) is 0 Å². The molecule has 0 bridgehead atoms. The lowest BCUT2D eigenvalue weighted by Crippen LogP contribution is -2.42. The van der Waals surface area contributed by atoms with Gasteiger partial charge in [-0.25, -0.2) is 9.59 Å². The summed E-state index contributed by atoms with van der Waals surface area (Å²) in [6.45, 7) is 2.96. The predicted octanol–water partition coefficient (Wildman–Crippen LogP) is 5.15. The van der Waals surface area contributed by atoms with Gasteiger partial charge in [-0.2, -0.15) is 0 Å². The van der Waals surface area contributed by atoms with E-state index in [1.54, 1.807) is 60.7 Å². The van der Waals surface area contributed by atoms with Crippen molar-refractivity contribution >= 4 is 17.8 Å². The zero-order valence-electron chi connectivity index (χ0n) is 23.6. The summed E-state index contributed by atoms with van der Waals surface area (Å²) in [5, 5.41) is 12.3. The van der Waals surface area contributed by atoms with Gasteiger partial charge in [-0.3, -0.25) is 4.79 Å². The van der Waals surface area contributed by atoms with Crippen LogP contribution in [-0.2, 0) is 17.8 Å². The quantitative estimate of drug-likeness (QED) is 0.124. The number of carboxylic acid groups (broad SMARTS) is 1. The lowest BCUT2D eigenvalue weighted by molar-refractivity contribution is -0.139. The maximum atomic E-state index is 12.8. The number of methoxy groups -OCH3 is 1. The van der Waals surface area contributed by atoms with Crippen LogP contribution < -0.4 is 25.3 Å². The van der Waals surface area contributed by atoms with Gasteiger partial charge in [-0.15, -0.1) is 0 Å². The fourth-order valence-electron chi connectivity index (χ4n) is 4.26. The van der Waals surface area contributed by atoms with E-state index in [1.165, 1.54) is 32.4 Å². The molecule has 0 spiro atoms. The third-order valence-electron chi connectivity index (χ3n) is 6.56. The van der Waals surface area contributed by atoms with Gasteiger partial charge in [0.25, 0.3) is 5.91 Å². The zero-order chi connectivity index (χ0) is 29.6. The number of aliphatic carboxylic acids is 1. The SMILES string of the molecule is CCCCCCCOc1ccc(C(=O)Oc2ccc(CC(NC(=O)c3ccccc3CN)C(=O)O)cc2OC)cc1. The molecule has 218 valence electrons. The van der Waals surface area contributed by atoms with Gasteiger partial charge < -0.3 is 30.4 Å². The summed E-state index contributed by atoms with van der Waals surface area (Å²) in [5.74, 6) is -1.17. The van der Waals surface area contributed by atoms with E-state index in [9.17, 15) is 19.5 Å². The Balaban J connectivity index is 1.61. The summed E-state index contributed by atoms with van der Waals surface area (Å²) in [5.41, 5.74) is 7.56. The first-order chi connectivity index (χ1) is 19.9. The summed E-state index contributed by atoms with van der Waals surface area (Å²) in [6, 6.07) is 17.0. The molecule has 0 radical (unpaired) electrons. The van der Waals surface area contributed by atoms with E-state index in [0.29, 0.717) is 34.6 Å². The van der Waals surface area contributed by atoms with E-state index in [-0.39, 0.29) is 24.5 Å². The van der Waals surface area contributed by atoms with Crippen molar-refractivity contribution in [3.63, 3.8) is 0 Å². The molecule has 3 rings (SSSR count). The van der Waals surface area contributed by atoms with Crippen LogP contribution in [0, 0.1) is 0 Å². The average Bonchev–Trinajstić information content (AvgIpc) is 2.99. The first kappa shape index (κ1) is 31.2. The number of hydrogen-bond acceptors (Lipinski definition) is 7. The molecule has 3 aromatic rings. The van der Waals surface area contributed by atoms with Gasteiger partial charge in [0, 0.05) is 18.5 Å². The Labute approximate surface area is 240 Å². The van der Waals surface area contributed by atoms with Crippen molar-refractivity contribution in [3.05, 3.63) is 89.0 Å². The van der Waals surface area contributed by atoms with Crippen LogP contribution in [0.3, 0.4) is 0 Å². The number of amides is 1. The van der Waals surface area contributed by atoms with E-state index >= 15 is 0 Å². The molecule has 0 aliphatic carbocycles. The molecule has 9 nitrogen and oxygen atoms in total. The molecule has 0 saturated heterocycles. The van der Waals surface area contributed by atoms with Crippen molar-refractivity contribution in [2.45, 2.75) is 58.0 Å². The second kappa shape index (κ2) is 16.0. The first-order valence-electron chi connectivity index (χ1n) is 13.8. The van der Waals surface area contributed by atoms with Crippen molar-refractivity contribution in [2.24, 2.45) is 5.73 Å². The third kappa shape index (κ3) is 9.36. The van der Waals surface area contributed by atoms with E-state index in [1.807, 2.05) is 0 Å². The standard InChI is InChI=1S/C32H38N2O7/c1-3-4-5-6-9-18-40-25-15-13-23(14-16-25)32(38)41-28-17-12-22(20-29(28)39-2)19-27(31(36)37)34-30(35)26-11-8-7-10-24(26)21-33/h7-8,10-17,20,27H,3-6,9,18-19,21,33H2,1-2H3,(H,34,35)(H,36,37). The van der Waals surface area contributed by atoms with E-state index < -0.39 is 23.9 Å². The Hall–Kier alpha value is -4.37. The molecule has 1 atom stereocenters. The van der Waals surface area contributed by atoms with Crippen molar-refractivity contribution in [1.29, 1.82) is 0 Å². The molecule has 0 aliphatic rings. The average molecular weight is 563 g/mol. The highest BCUT2D eigenvalue weighted by atomic mass is 16.6. The zero-order valence-corrected chi connectivity index (χ0v) is 23.6. The van der Waals surface area contributed by atoms with Gasteiger partial charge in [0.2, 0.25) is 0 Å². The minimum Gasteiger partial charge on any atom is -0.494 e. The van der Waals surface area contributed by atoms with Gasteiger partial charge in [0.15, 0.2) is 11.5 Å². The smallest absolute Gasteiger partial charge is 0.343 e. The number of ether oxygens (including phenoxy) is 3. The van der Waals surface area contributed by atoms with Crippen LogP contribution in [0.25, 0.3) is 0 Å². The molecule has 1 amide bonds. The van der Waals surface area contributed by atoms with Crippen LogP contribution in [0.1, 0.15) is 70.9 Å². The molecule has 4 N–H and O–H groups in total. The molecule has 41 heavy (non-hydrogen) atoms. The Bertz CT molecular complexity index is 1310. The Morgan fingerprint density at radius 3 is 2.34 bits per heavy atom. The van der Waals surface area contributed by atoms with Crippen molar-refractivity contribution in [2.75, 3.05) is 13.7 Å². The topological polar surface area (TPSA) is 137 Å². The minimum atomic E-state index is -1.21. The van der Waals surface area contributed by atoms with Crippen LogP contribution in [0.4, 0.5) is 0 Å². The number of esters is 1.